The van der Waals surface area contributed by atoms with Crippen LogP contribution in [0.25, 0.3) is 0 Å². The highest BCUT2D eigenvalue weighted by atomic mass is 32.2. The standard InChI is InChI=1S/C16H20N2O2S/c1-11-4-7-14(8-5-11)13(3)18-16-10-15(21(17,19)20)9-6-12(16)2/h4-10,13,18H,1-3H3,(H2,17,19,20). The molecule has 2 aromatic carbocycles. The Kier molecular flexibility index (Phi) is 4.34. The quantitative estimate of drug-likeness (QED) is 0.911. The molecule has 21 heavy (non-hydrogen) atoms. The van der Waals surface area contributed by atoms with Crippen molar-refractivity contribution in [1.29, 1.82) is 0 Å². The summed E-state index contributed by atoms with van der Waals surface area (Å²) in [6, 6.07) is 13.2. The van der Waals surface area contributed by atoms with Crippen molar-refractivity contribution < 1.29 is 8.42 Å². The van der Waals surface area contributed by atoms with E-state index >= 15 is 0 Å². The van der Waals surface area contributed by atoms with Gasteiger partial charge in [0.15, 0.2) is 0 Å². The Morgan fingerprint density at radius 3 is 2.24 bits per heavy atom. The molecule has 2 rings (SSSR count). The van der Waals surface area contributed by atoms with Crippen molar-refractivity contribution in [2.75, 3.05) is 5.32 Å². The number of rotatable bonds is 4. The van der Waals surface area contributed by atoms with Gasteiger partial charge in [-0.2, -0.15) is 0 Å². The summed E-state index contributed by atoms with van der Waals surface area (Å²) in [5, 5.41) is 8.52. The molecule has 0 saturated carbocycles. The second-order valence-electron chi connectivity index (χ2n) is 5.30. The van der Waals surface area contributed by atoms with Gasteiger partial charge < -0.3 is 5.32 Å². The summed E-state index contributed by atoms with van der Waals surface area (Å²) in [6.07, 6.45) is 0. The summed E-state index contributed by atoms with van der Waals surface area (Å²) in [5.74, 6) is 0. The Bertz CT molecular complexity index is 737. The molecular weight excluding hydrogens is 284 g/mol. The van der Waals surface area contributed by atoms with E-state index < -0.39 is 10.0 Å². The molecule has 2 aromatic rings. The molecule has 0 spiro atoms. The lowest BCUT2D eigenvalue weighted by atomic mass is 10.1. The maximum Gasteiger partial charge on any atom is 0.238 e. The van der Waals surface area contributed by atoms with Crippen molar-refractivity contribution in [3.63, 3.8) is 0 Å². The molecule has 0 aliphatic carbocycles. The Morgan fingerprint density at radius 2 is 1.67 bits per heavy atom. The van der Waals surface area contributed by atoms with Crippen LogP contribution in [0.1, 0.15) is 29.7 Å². The molecule has 0 aliphatic heterocycles. The highest BCUT2D eigenvalue weighted by Gasteiger charge is 2.12. The number of aryl methyl sites for hydroxylation is 2. The molecule has 1 unspecified atom stereocenters. The highest BCUT2D eigenvalue weighted by molar-refractivity contribution is 7.89. The molecular formula is C16H20N2O2S. The average Bonchev–Trinajstić information content (AvgIpc) is 2.40. The minimum absolute atomic E-state index is 0.0695. The minimum atomic E-state index is -3.69. The molecule has 0 aromatic heterocycles. The van der Waals surface area contributed by atoms with Crippen LogP contribution < -0.4 is 10.5 Å². The first-order chi connectivity index (χ1) is 9.77. The second-order valence-corrected chi connectivity index (χ2v) is 6.86. The number of sulfonamides is 1. The molecule has 0 radical (unpaired) electrons. The lowest BCUT2D eigenvalue weighted by molar-refractivity contribution is 0.598. The van der Waals surface area contributed by atoms with E-state index in [0.29, 0.717) is 0 Å². The van der Waals surface area contributed by atoms with Crippen LogP contribution >= 0.6 is 0 Å². The number of benzene rings is 2. The van der Waals surface area contributed by atoms with Crippen LogP contribution in [0.5, 0.6) is 0 Å². The molecule has 3 N–H and O–H groups in total. The van der Waals surface area contributed by atoms with Crippen LogP contribution in [0.3, 0.4) is 0 Å². The van der Waals surface area contributed by atoms with E-state index in [1.54, 1.807) is 12.1 Å². The van der Waals surface area contributed by atoms with Crippen molar-refractivity contribution in [3.8, 4) is 0 Å². The third-order valence-corrected chi connectivity index (χ3v) is 4.40. The fourth-order valence-electron chi connectivity index (χ4n) is 2.11. The SMILES string of the molecule is Cc1ccc(C(C)Nc2cc(S(N)(=O)=O)ccc2C)cc1. The van der Waals surface area contributed by atoms with E-state index in [2.05, 4.69) is 29.6 Å². The van der Waals surface area contributed by atoms with E-state index in [-0.39, 0.29) is 10.9 Å². The summed E-state index contributed by atoms with van der Waals surface area (Å²) >= 11 is 0. The van der Waals surface area contributed by atoms with Gasteiger partial charge in [-0.15, -0.1) is 0 Å². The molecule has 112 valence electrons. The average molecular weight is 304 g/mol. The first-order valence-corrected chi connectivity index (χ1v) is 8.28. The first kappa shape index (κ1) is 15.5. The van der Waals surface area contributed by atoms with Gasteiger partial charge in [-0.1, -0.05) is 35.9 Å². The Morgan fingerprint density at radius 1 is 1.05 bits per heavy atom. The zero-order chi connectivity index (χ0) is 15.6. The molecule has 0 saturated heterocycles. The van der Waals surface area contributed by atoms with Crippen LogP contribution in [-0.2, 0) is 10.0 Å². The van der Waals surface area contributed by atoms with Gasteiger partial charge in [0.2, 0.25) is 10.0 Å². The molecule has 0 amide bonds. The van der Waals surface area contributed by atoms with E-state index in [0.717, 1.165) is 16.8 Å². The van der Waals surface area contributed by atoms with E-state index in [1.165, 1.54) is 11.6 Å². The van der Waals surface area contributed by atoms with Crippen LogP contribution in [0.15, 0.2) is 47.4 Å². The van der Waals surface area contributed by atoms with Crippen molar-refractivity contribution in [3.05, 3.63) is 59.2 Å². The van der Waals surface area contributed by atoms with Gasteiger partial charge in [0.1, 0.15) is 0 Å². The van der Waals surface area contributed by atoms with Gasteiger partial charge in [0.05, 0.1) is 4.90 Å². The molecule has 0 heterocycles. The van der Waals surface area contributed by atoms with E-state index in [4.69, 9.17) is 5.14 Å². The largest absolute Gasteiger partial charge is 0.378 e. The Balaban J connectivity index is 2.28. The van der Waals surface area contributed by atoms with Crippen molar-refractivity contribution >= 4 is 15.7 Å². The number of primary sulfonamides is 1. The molecule has 1 atom stereocenters. The third-order valence-electron chi connectivity index (χ3n) is 3.49. The smallest absolute Gasteiger partial charge is 0.238 e. The number of nitrogens with one attached hydrogen (secondary N) is 1. The van der Waals surface area contributed by atoms with Crippen LogP contribution in [0.4, 0.5) is 5.69 Å². The van der Waals surface area contributed by atoms with E-state index in [1.807, 2.05) is 20.8 Å². The summed E-state index contributed by atoms with van der Waals surface area (Å²) < 4.78 is 22.9. The number of nitrogens with two attached hydrogens (primary N) is 1. The monoisotopic (exact) mass is 304 g/mol. The number of hydrogen-bond donors (Lipinski definition) is 2. The summed E-state index contributed by atoms with van der Waals surface area (Å²) in [6.45, 7) is 6.01. The maximum absolute atomic E-state index is 11.4. The number of hydrogen-bond acceptors (Lipinski definition) is 3. The fraction of sp³-hybridized carbons (Fsp3) is 0.250. The van der Waals surface area contributed by atoms with Gasteiger partial charge in [-0.3, -0.25) is 0 Å². The third kappa shape index (κ3) is 3.83. The van der Waals surface area contributed by atoms with Gasteiger partial charge >= 0.3 is 0 Å². The molecule has 0 aliphatic rings. The van der Waals surface area contributed by atoms with Crippen molar-refractivity contribution in [2.45, 2.75) is 31.7 Å². The van der Waals surface area contributed by atoms with Crippen molar-refractivity contribution in [2.24, 2.45) is 5.14 Å². The predicted molar refractivity (Wildman–Crippen MR) is 85.8 cm³/mol. The Labute approximate surface area is 126 Å². The zero-order valence-corrected chi connectivity index (χ0v) is 13.2. The topological polar surface area (TPSA) is 72.2 Å². The summed E-state index contributed by atoms with van der Waals surface area (Å²) in [4.78, 5) is 0.117. The predicted octanol–water partition coefficient (Wildman–Crippen LogP) is 3.12. The molecule has 0 bridgehead atoms. The normalized spacial score (nSPS) is 13.0. The molecule has 0 fully saturated rings. The first-order valence-electron chi connectivity index (χ1n) is 6.74. The van der Waals surface area contributed by atoms with Gasteiger partial charge in [-0.05, 0) is 44.0 Å². The summed E-state index contributed by atoms with van der Waals surface area (Å²) in [5.41, 5.74) is 4.09. The van der Waals surface area contributed by atoms with Gasteiger partial charge in [-0.25, -0.2) is 13.6 Å². The van der Waals surface area contributed by atoms with Crippen LogP contribution in [-0.4, -0.2) is 8.42 Å². The highest BCUT2D eigenvalue weighted by Crippen LogP contribution is 2.24. The zero-order valence-electron chi connectivity index (χ0n) is 12.4. The number of anilines is 1. The fourth-order valence-corrected chi connectivity index (χ4v) is 2.65. The van der Waals surface area contributed by atoms with Gasteiger partial charge in [0, 0.05) is 11.7 Å². The van der Waals surface area contributed by atoms with E-state index in [9.17, 15) is 8.42 Å². The Hall–Kier alpha value is -1.85. The van der Waals surface area contributed by atoms with Crippen LogP contribution in [0, 0.1) is 13.8 Å². The minimum Gasteiger partial charge on any atom is -0.378 e. The lowest BCUT2D eigenvalue weighted by Crippen LogP contribution is -2.13. The van der Waals surface area contributed by atoms with Crippen LogP contribution in [0.2, 0.25) is 0 Å². The maximum atomic E-state index is 11.4. The molecule has 5 heteroatoms. The lowest BCUT2D eigenvalue weighted by Gasteiger charge is -2.18. The molecule has 4 nitrogen and oxygen atoms in total. The van der Waals surface area contributed by atoms with Crippen molar-refractivity contribution in [1.82, 2.24) is 0 Å². The second kappa shape index (κ2) is 5.87. The van der Waals surface area contributed by atoms with Gasteiger partial charge in [0.25, 0.3) is 0 Å². The summed E-state index contributed by atoms with van der Waals surface area (Å²) in [7, 11) is -3.69.